The first-order valence-electron chi connectivity index (χ1n) is 2.86. The van der Waals surface area contributed by atoms with Gasteiger partial charge in [0.05, 0.1) is 0 Å². The van der Waals surface area contributed by atoms with Gasteiger partial charge in [0, 0.05) is 45.5 Å². The zero-order chi connectivity index (χ0) is 6.91. The molecule has 3 nitrogen and oxygen atoms in total. The van der Waals surface area contributed by atoms with Crippen LogP contribution in [0.25, 0.3) is 0 Å². The molecule has 1 radical (unpaired) electrons. The molecule has 1 rings (SSSR count). The second-order valence-electron chi connectivity index (χ2n) is 2.41. The van der Waals surface area contributed by atoms with Crippen LogP contribution in [0, 0.1) is 0 Å². The Morgan fingerprint density at radius 1 is 1.70 bits per heavy atom. The Kier molecular flexibility index (Phi) is 4.50. The molecule has 1 fully saturated rings. The third kappa shape index (κ3) is 2.92. The van der Waals surface area contributed by atoms with Crippen LogP contribution in [0.3, 0.4) is 0 Å². The van der Waals surface area contributed by atoms with Gasteiger partial charge in [-0.25, -0.2) is 6.29 Å². The van der Waals surface area contributed by atoms with E-state index in [0.29, 0.717) is 12.6 Å². The van der Waals surface area contributed by atoms with Crippen LogP contribution in [0.4, 0.5) is 0 Å². The van der Waals surface area contributed by atoms with E-state index in [1.165, 1.54) is 0 Å². The summed E-state index contributed by atoms with van der Waals surface area (Å²) in [6, 6.07) is -0.277. The molecule has 5 heteroatoms. The van der Waals surface area contributed by atoms with Gasteiger partial charge in [0.2, 0.25) is 0 Å². The molecule has 1 aliphatic rings. The van der Waals surface area contributed by atoms with Crippen molar-refractivity contribution in [1.82, 2.24) is 5.09 Å². The predicted molar refractivity (Wildman–Crippen MR) is 35.6 cm³/mol. The first kappa shape index (κ1) is 11.0. The van der Waals surface area contributed by atoms with E-state index < -0.39 is 7.29 Å². The van der Waals surface area contributed by atoms with Gasteiger partial charge in [0.25, 0.3) is 0 Å². The fourth-order valence-electron chi connectivity index (χ4n) is 0.919. The largest absolute Gasteiger partial charge is 0.540 e. The Balaban J connectivity index is 0.000000810. The smallest absolute Gasteiger partial charge is 0.142 e. The van der Waals surface area contributed by atoms with Crippen LogP contribution in [-0.4, -0.2) is 25.2 Å². The second-order valence-corrected chi connectivity index (χ2v) is 5.32. The van der Waals surface area contributed by atoms with Crippen molar-refractivity contribution in [3.63, 3.8) is 0 Å². The summed E-state index contributed by atoms with van der Waals surface area (Å²) in [6.07, 6.45) is 3.10. The van der Waals surface area contributed by atoms with Crippen molar-refractivity contribution in [2.75, 3.05) is 12.8 Å². The Morgan fingerprint density at radius 2 is 2.30 bits per heavy atom. The van der Waals surface area contributed by atoms with Crippen LogP contribution >= 0.6 is 7.29 Å². The summed E-state index contributed by atoms with van der Waals surface area (Å²) in [7, 11) is -2.13. The predicted octanol–water partition coefficient (Wildman–Crippen LogP) is 0.363. The minimum absolute atomic E-state index is 0. The van der Waals surface area contributed by atoms with Crippen molar-refractivity contribution >= 4 is 13.6 Å². The standard InChI is InChI=1S/C5H9NO2P.Y/c1-9(8)3-2-5(4-7)6-9;/h5H,2-3H2,1H3,(H,6,8);/q-1;/t5-,9?;/m0./s1. The normalized spacial score (nSPS) is 38.7. The minimum atomic E-state index is -2.13. The Bertz CT molecular complexity index is 173. The maximum atomic E-state index is 11.1. The van der Waals surface area contributed by atoms with Crippen LogP contribution in [0.1, 0.15) is 6.42 Å². The molecule has 1 unspecified atom stereocenters. The number of hydrogen-bond donors (Lipinski definition) is 1. The summed E-state index contributed by atoms with van der Waals surface area (Å²) < 4.78 is 11.1. The molecule has 2 atom stereocenters. The van der Waals surface area contributed by atoms with Gasteiger partial charge in [-0.1, -0.05) is 12.5 Å². The molecular formula is C5H9NO2PY-. The molecule has 0 aromatic carbocycles. The fraction of sp³-hybridized carbons (Fsp3) is 0.800. The van der Waals surface area contributed by atoms with Gasteiger partial charge in [0.1, 0.15) is 7.29 Å². The Hall–Kier alpha value is 0.964. The number of carbonyl (C=O) groups excluding carboxylic acids is 1. The van der Waals surface area contributed by atoms with Crippen LogP contribution < -0.4 is 5.09 Å². The topological polar surface area (TPSA) is 46.2 Å². The maximum absolute atomic E-state index is 11.1. The van der Waals surface area contributed by atoms with E-state index in [4.69, 9.17) is 0 Å². The summed E-state index contributed by atoms with van der Waals surface area (Å²) in [5, 5.41) is 2.71. The summed E-state index contributed by atoms with van der Waals surface area (Å²) in [5.41, 5.74) is 0. The molecule has 1 heterocycles. The first-order valence-corrected chi connectivity index (χ1v) is 5.20. The molecule has 0 aromatic heterocycles. The number of hydrogen-bond acceptors (Lipinski definition) is 2. The van der Waals surface area contributed by atoms with E-state index >= 15 is 0 Å². The van der Waals surface area contributed by atoms with E-state index in [9.17, 15) is 9.36 Å². The van der Waals surface area contributed by atoms with Crippen molar-refractivity contribution in [1.29, 1.82) is 0 Å². The van der Waals surface area contributed by atoms with Crippen molar-refractivity contribution < 1.29 is 42.1 Å². The van der Waals surface area contributed by atoms with Gasteiger partial charge in [-0.15, -0.1) is 0 Å². The van der Waals surface area contributed by atoms with E-state index in [1.54, 1.807) is 13.0 Å². The summed E-state index contributed by atoms with van der Waals surface area (Å²) in [6.45, 7) is 1.66. The zero-order valence-corrected chi connectivity index (χ0v) is 9.57. The van der Waals surface area contributed by atoms with Gasteiger partial charge in [0.15, 0.2) is 0 Å². The molecular weight excluding hydrogens is 226 g/mol. The molecule has 1 saturated heterocycles. The molecule has 10 heavy (non-hydrogen) atoms. The first-order chi connectivity index (χ1) is 4.14. The molecule has 0 aliphatic carbocycles. The average molecular weight is 235 g/mol. The van der Waals surface area contributed by atoms with E-state index in [0.717, 1.165) is 0 Å². The average Bonchev–Trinajstić information content (AvgIpc) is 2.10. The summed E-state index contributed by atoms with van der Waals surface area (Å²) in [5.74, 6) is 0. The molecule has 0 aromatic rings. The van der Waals surface area contributed by atoms with Gasteiger partial charge in [-0.2, -0.15) is 0 Å². The second kappa shape index (κ2) is 4.11. The number of rotatable bonds is 1. The Morgan fingerprint density at radius 3 is 2.50 bits per heavy atom. The molecule has 0 amide bonds. The molecule has 1 N–H and O–H groups in total. The molecule has 0 spiro atoms. The van der Waals surface area contributed by atoms with Gasteiger partial charge < -0.3 is 9.36 Å². The van der Waals surface area contributed by atoms with E-state index in [2.05, 4.69) is 5.09 Å². The fourth-order valence-corrected chi connectivity index (χ4v) is 2.64. The molecule has 55 valence electrons. The molecule has 1 aliphatic heterocycles. The maximum Gasteiger partial charge on any atom is 0.142 e. The Labute approximate surface area is 85.6 Å². The van der Waals surface area contributed by atoms with Crippen molar-refractivity contribution in [2.24, 2.45) is 0 Å². The molecule has 0 bridgehead atoms. The molecule has 0 saturated carbocycles. The zero-order valence-electron chi connectivity index (χ0n) is 5.83. The van der Waals surface area contributed by atoms with Crippen molar-refractivity contribution in [2.45, 2.75) is 12.5 Å². The summed E-state index contributed by atoms with van der Waals surface area (Å²) in [4.78, 5) is 9.99. The van der Waals surface area contributed by atoms with Gasteiger partial charge in [-0.05, 0) is 0 Å². The van der Waals surface area contributed by atoms with E-state index in [-0.39, 0.29) is 38.8 Å². The summed E-state index contributed by atoms with van der Waals surface area (Å²) >= 11 is 0. The van der Waals surface area contributed by atoms with Gasteiger partial charge in [-0.3, -0.25) is 5.09 Å². The van der Waals surface area contributed by atoms with Crippen LogP contribution in [0.2, 0.25) is 0 Å². The quantitative estimate of drug-likeness (QED) is 0.527. The SMILES string of the molecule is CP1(=O)CC[C@@H]([C-]=O)N1.[Y]. The van der Waals surface area contributed by atoms with Crippen LogP contribution in [-0.2, 0) is 42.1 Å². The number of nitrogens with one attached hydrogen (secondary N) is 1. The van der Waals surface area contributed by atoms with Crippen LogP contribution in [0.15, 0.2) is 0 Å². The van der Waals surface area contributed by atoms with Crippen molar-refractivity contribution in [3.05, 3.63) is 0 Å². The van der Waals surface area contributed by atoms with E-state index in [1.807, 2.05) is 0 Å². The van der Waals surface area contributed by atoms with Crippen molar-refractivity contribution in [3.8, 4) is 0 Å². The monoisotopic (exact) mass is 235 g/mol. The third-order valence-electron chi connectivity index (χ3n) is 1.42. The minimum Gasteiger partial charge on any atom is -0.540 e. The van der Waals surface area contributed by atoms with Crippen LogP contribution in [0.5, 0.6) is 0 Å². The van der Waals surface area contributed by atoms with Gasteiger partial charge >= 0.3 is 0 Å². The third-order valence-corrected chi connectivity index (χ3v) is 3.39.